The molecule has 1 rings (SSSR count). The minimum absolute atomic E-state index is 0.333. The topological polar surface area (TPSA) is 58.9 Å². The third-order valence-corrected chi connectivity index (χ3v) is 1.48. The quantitative estimate of drug-likeness (QED) is 0.695. The van der Waals surface area contributed by atoms with Crippen molar-refractivity contribution in [1.82, 2.24) is 4.98 Å². The van der Waals surface area contributed by atoms with E-state index in [0.717, 1.165) is 12.1 Å². The highest BCUT2D eigenvalue weighted by atomic mass is 19.4. The monoisotopic (exact) mass is 192 g/mol. The van der Waals surface area contributed by atoms with E-state index in [4.69, 9.17) is 5.73 Å². The number of aromatic amines is 1. The van der Waals surface area contributed by atoms with Crippen molar-refractivity contribution < 1.29 is 13.2 Å². The van der Waals surface area contributed by atoms with Crippen molar-refractivity contribution in [2.75, 3.05) is 0 Å². The Morgan fingerprint density at radius 2 is 2.00 bits per heavy atom. The second-order valence-corrected chi connectivity index (χ2v) is 2.49. The van der Waals surface area contributed by atoms with E-state index in [9.17, 15) is 18.0 Å². The molecule has 1 heterocycles. The lowest BCUT2D eigenvalue weighted by Crippen LogP contribution is -2.30. The van der Waals surface area contributed by atoms with Crippen molar-refractivity contribution in [2.45, 2.75) is 12.2 Å². The lowest BCUT2D eigenvalue weighted by atomic mass is 10.2. The Hall–Kier alpha value is -1.30. The molecule has 1 aromatic rings. The summed E-state index contributed by atoms with van der Waals surface area (Å²) in [6.45, 7) is 0. The molecule has 6 heteroatoms. The lowest BCUT2D eigenvalue weighted by Gasteiger charge is -2.14. The molecule has 0 spiro atoms. The maximum Gasteiger partial charge on any atom is 0.409 e. The highest BCUT2D eigenvalue weighted by Crippen LogP contribution is 2.28. The second-order valence-electron chi connectivity index (χ2n) is 2.49. The van der Waals surface area contributed by atoms with Gasteiger partial charge in [-0.05, 0) is 6.07 Å². The van der Waals surface area contributed by atoms with Crippen LogP contribution in [0.3, 0.4) is 0 Å². The number of hydrogen-bond acceptors (Lipinski definition) is 2. The Morgan fingerprint density at radius 3 is 2.46 bits per heavy atom. The van der Waals surface area contributed by atoms with Gasteiger partial charge >= 0.3 is 6.18 Å². The fourth-order valence-electron chi connectivity index (χ4n) is 0.823. The first-order valence-corrected chi connectivity index (χ1v) is 3.43. The highest BCUT2D eigenvalue weighted by Gasteiger charge is 2.38. The van der Waals surface area contributed by atoms with Gasteiger partial charge in [0.15, 0.2) is 0 Å². The second kappa shape index (κ2) is 3.21. The van der Waals surface area contributed by atoms with Crippen LogP contribution in [-0.4, -0.2) is 11.2 Å². The van der Waals surface area contributed by atoms with Crippen molar-refractivity contribution in [3.63, 3.8) is 0 Å². The molecule has 1 atom stereocenters. The van der Waals surface area contributed by atoms with Crippen LogP contribution >= 0.6 is 0 Å². The van der Waals surface area contributed by atoms with Crippen LogP contribution in [-0.2, 0) is 0 Å². The van der Waals surface area contributed by atoms with Gasteiger partial charge in [0.25, 0.3) is 0 Å². The Balaban J connectivity index is 3.02. The third-order valence-electron chi connectivity index (χ3n) is 1.48. The average molecular weight is 192 g/mol. The van der Waals surface area contributed by atoms with Crippen LogP contribution in [0.5, 0.6) is 0 Å². The van der Waals surface area contributed by atoms with E-state index in [1.807, 2.05) is 4.98 Å². The Morgan fingerprint density at radius 1 is 1.38 bits per heavy atom. The molecule has 0 radical (unpaired) electrons. The van der Waals surface area contributed by atoms with Crippen LogP contribution in [0.2, 0.25) is 0 Å². The molecule has 3 nitrogen and oxygen atoms in total. The Kier molecular flexibility index (Phi) is 2.42. The fourth-order valence-corrected chi connectivity index (χ4v) is 0.823. The van der Waals surface area contributed by atoms with Crippen LogP contribution < -0.4 is 11.3 Å². The zero-order valence-corrected chi connectivity index (χ0v) is 6.43. The van der Waals surface area contributed by atoms with Crippen LogP contribution in [0.1, 0.15) is 11.7 Å². The van der Waals surface area contributed by atoms with Crippen molar-refractivity contribution in [1.29, 1.82) is 0 Å². The van der Waals surface area contributed by atoms with E-state index >= 15 is 0 Å². The van der Waals surface area contributed by atoms with Crippen LogP contribution in [0.15, 0.2) is 23.0 Å². The summed E-state index contributed by atoms with van der Waals surface area (Å²) < 4.78 is 36.1. The molecule has 1 unspecified atom stereocenters. The summed E-state index contributed by atoms with van der Waals surface area (Å²) in [5.74, 6) is 0. The van der Waals surface area contributed by atoms with Crippen molar-refractivity contribution in [2.24, 2.45) is 5.73 Å². The number of H-pyrrole nitrogens is 1. The predicted molar refractivity (Wildman–Crippen MR) is 40.0 cm³/mol. The first-order valence-electron chi connectivity index (χ1n) is 3.43. The summed E-state index contributed by atoms with van der Waals surface area (Å²) in [5.41, 5.74) is 3.91. The van der Waals surface area contributed by atoms with Gasteiger partial charge in [-0.3, -0.25) is 4.79 Å². The molecule has 0 bridgehead atoms. The summed E-state index contributed by atoms with van der Waals surface area (Å²) in [6.07, 6.45) is -4.54. The maximum atomic E-state index is 12.0. The standard InChI is InChI=1S/C7H7F3N2O/c8-7(9,10)6(11)4-2-1-3-5(13)12-4/h1-3,6H,11H2,(H,12,13). The molecule has 0 amide bonds. The van der Waals surface area contributed by atoms with E-state index in [1.54, 1.807) is 0 Å². The van der Waals surface area contributed by atoms with Gasteiger partial charge in [-0.2, -0.15) is 13.2 Å². The molecule has 72 valence electrons. The fraction of sp³-hybridized carbons (Fsp3) is 0.286. The van der Waals surface area contributed by atoms with Crippen molar-refractivity contribution >= 4 is 0 Å². The molecular weight excluding hydrogens is 185 g/mol. The van der Waals surface area contributed by atoms with E-state index in [0.29, 0.717) is 0 Å². The van der Waals surface area contributed by atoms with Crippen LogP contribution in [0.25, 0.3) is 0 Å². The van der Waals surface area contributed by atoms with E-state index in [-0.39, 0.29) is 5.69 Å². The zero-order valence-electron chi connectivity index (χ0n) is 6.43. The van der Waals surface area contributed by atoms with Gasteiger partial charge in [0.05, 0.1) is 0 Å². The third kappa shape index (κ3) is 2.32. The summed E-state index contributed by atoms with van der Waals surface area (Å²) in [5, 5.41) is 0. The summed E-state index contributed by atoms with van der Waals surface area (Å²) in [4.78, 5) is 12.7. The smallest absolute Gasteiger partial charge is 0.324 e. The van der Waals surface area contributed by atoms with Gasteiger partial charge in [-0.25, -0.2) is 0 Å². The molecule has 0 aliphatic carbocycles. The number of pyridine rings is 1. The lowest BCUT2D eigenvalue weighted by molar-refractivity contribution is -0.150. The number of halogens is 3. The summed E-state index contributed by atoms with van der Waals surface area (Å²) in [6, 6.07) is 1.33. The molecule has 13 heavy (non-hydrogen) atoms. The minimum atomic E-state index is -4.54. The van der Waals surface area contributed by atoms with Crippen molar-refractivity contribution in [3.05, 3.63) is 34.2 Å². The van der Waals surface area contributed by atoms with Gasteiger partial charge in [0.1, 0.15) is 6.04 Å². The molecular formula is C7H7F3N2O. The van der Waals surface area contributed by atoms with Crippen LogP contribution in [0, 0.1) is 0 Å². The minimum Gasteiger partial charge on any atom is -0.324 e. The molecule has 0 aliphatic rings. The average Bonchev–Trinajstić information content (AvgIpc) is 2.01. The van der Waals surface area contributed by atoms with Gasteiger partial charge in [0, 0.05) is 11.8 Å². The predicted octanol–water partition coefficient (Wildman–Crippen LogP) is 0.937. The largest absolute Gasteiger partial charge is 0.409 e. The van der Waals surface area contributed by atoms with E-state index in [1.165, 1.54) is 6.07 Å². The van der Waals surface area contributed by atoms with Gasteiger partial charge in [-0.15, -0.1) is 0 Å². The molecule has 1 aromatic heterocycles. The number of nitrogens with one attached hydrogen (secondary N) is 1. The first-order chi connectivity index (χ1) is 5.91. The molecule has 0 saturated heterocycles. The van der Waals surface area contributed by atoms with E-state index < -0.39 is 17.8 Å². The maximum absolute atomic E-state index is 12.0. The summed E-state index contributed by atoms with van der Waals surface area (Å²) >= 11 is 0. The zero-order chi connectivity index (χ0) is 10.1. The molecule has 0 aliphatic heterocycles. The molecule has 0 aromatic carbocycles. The normalized spacial score (nSPS) is 14.2. The van der Waals surface area contributed by atoms with Crippen molar-refractivity contribution in [3.8, 4) is 0 Å². The SMILES string of the molecule is NC(c1cccc(=O)[nH]1)C(F)(F)F. The number of nitrogens with two attached hydrogens (primary N) is 1. The molecule has 0 fully saturated rings. The Bertz CT molecular complexity index is 344. The number of rotatable bonds is 1. The number of aromatic nitrogens is 1. The van der Waals surface area contributed by atoms with Crippen LogP contribution in [0.4, 0.5) is 13.2 Å². The number of hydrogen-bond donors (Lipinski definition) is 2. The molecule has 3 N–H and O–H groups in total. The van der Waals surface area contributed by atoms with E-state index in [2.05, 4.69) is 0 Å². The first kappa shape index (κ1) is 9.79. The molecule has 0 saturated carbocycles. The highest BCUT2D eigenvalue weighted by molar-refractivity contribution is 5.09. The Labute approximate surface area is 71.4 Å². The number of alkyl halides is 3. The summed E-state index contributed by atoms with van der Waals surface area (Å²) in [7, 11) is 0. The van der Waals surface area contributed by atoms with Gasteiger partial charge < -0.3 is 10.7 Å². The van der Waals surface area contributed by atoms with Gasteiger partial charge in [-0.1, -0.05) is 6.07 Å². The van der Waals surface area contributed by atoms with Gasteiger partial charge in [0.2, 0.25) is 5.56 Å².